The van der Waals surface area contributed by atoms with Crippen LogP contribution in [0.25, 0.3) is 10.9 Å². The highest BCUT2D eigenvalue weighted by Crippen LogP contribution is 2.31. The monoisotopic (exact) mass is 247 g/mol. The van der Waals surface area contributed by atoms with E-state index < -0.39 is 11.7 Å². The molecule has 2 aromatic rings. The number of alkyl halides is 3. The molecule has 1 heterocycles. The Morgan fingerprint density at radius 2 is 1.88 bits per heavy atom. The van der Waals surface area contributed by atoms with Crippen LogP contribution in [0.4, 0.5) is 13.2 Å². The fourth-order valence-electron chi connectivity index (χ4n) is 1.40. The molecule has 84 valence electrons. The quantitative estimate of drug-likeness (QED) is 0.519. The van der Waals surface area contributed by atoms with E-state index in [1.54, 1.807) is 0 Å². The van der Waals surface area contributed by atoms with Crippen LogP contribution in [0.1, 0.15) is 5.56 Å². The van der Waals surface area contributed by atoms with Crippen LogP contribution < -0.4 is 4.73 Å². The van der Waals surface area contributed by atoms with E-state index in [-0.39, 0.29) is 10.5 Å². The Morgan fingerprint density at radius 1 is 1.19 bits per heavy atom. The number of benzene rings is 1. The van der Waals surface area contributed by atoms with Gasteiger partial charge in [-0.15, -0.1) is 0 Å². The molecule has 0 fully saturated rings. The maximum atomic E-state index is 12.4. The smallest absolute Gasteiger partial charge is 0.416 e. The van der Waals surface area contributed by atoms with Crippen LogP contribution in [0.15, 0.2) is 30.5 Å². The molecule has 0 spiro atoms. The van der Waals surface area contributed by atoms with Crippen molar-refractivity contribution in [3.05, 3.63) is 46.3 Å². The number of pyridine rings is 1. The zero-order chi connectivity index (χ0) is 11.9. The van der Waals surface area contributed by atoms with Crippen molar-refractivity contribution in [3.63, 3.8) is 0 Å². The summed E-state index contributed by atoms with van der Waals surface area (Å²) in [4.78, 5) is 0. The summed E-state index contributed by atoms with van der Waals surface area (Å²) in [6, 6.07) is 4.21. The van der Waals surface area contributed by atoms with Crippen LogP contribution >= 0.6 is 11.6 Å². The lowest BCUT2D eigenvalue weighted by atomic mass is 10.1. The molecule has 0 atom stereocenters. The summed E-state index contributed by atoms with van der Waals surface area (Å²) in [7, 11) is 0. The van der Waals surface area contributed by atoms with Crippen LogP contribution in [0.3, 0.4) is 0 Å². The number of nitrogens with zero attached hydrogens (tertiary/aromatic N) is 1. The fourth-order valence-corrected chi connectivity index (χ4v) is 1.61. The third-order valence-corrected chi connectivity index (χ3v) is 2.51. The average Bonchev–Trinajstić information content (AvgIpc) is 2.22. The number of hydrogen-bond acceptors (Lipinski definition) is 1. The average molecular weight is 248 g/mol. The second-order valence-electron chi connectivity index (χ2n) is 3.22. The van der Waals surface area contributed by atoms with Crippen molar-refractivity contribution in [2.75, 3.05) is 0 Å². The number of aromatic nitrogens is 1. The van der Waals surface area contributed by atoms with Gasteiger partial charge in [0.05, 0.1) is 16.0 Å². The van der Waals surface area contributed by atoms with E-state index in [2.05, 4.69) is 0 Å². The molecule has 0 unspecified atom stereocenters. The maximum Gasteiger partial charge on any atom is 0.416 e. The van der Waals surface area contributed by atoms with Gasteiger partial charge in [-0.2, -0.15) is 17.9 Å². The minimum atomic E-state index is -4.47. The van der Waals surface area contributed by atoms with Crippen molar-refractivity contribution >= 4 is 22.5 Å². The first-order valence-electron chi connectivity index (χ1n) is 4.28. The van der Waals surface area contributed by atoms with Crippen LogP contribution in [0, 0.1) is 5.21 Å². The normalized spacial score (nSPS) is 12.0. The zero-order valence-corrected chi connectivity index (χ0v) is 8.51. The number of rotatable bonds is 0. The lowest BCUT2D eigenvalue weighted by Crippen LogP contribution is -2.26. The molecule has 0 radical (unpaired) electrons. The van der Waals surface area contributed by atoms with Crippen molar-refractivity contribution in [2.24, 2.45) is 0 Å². The van der Waals surface area contributed by atoms with Gasteiger partial charge in [0.1, 0.15) is 0 Å². The summed E-state index contributed by atoms with van der Waals surface area (Å²) in [6.07, 6.45) is -3.39. The highest BCUT2D eigenvalue weighted by atomic mass is 35.5. The molecule has 6 heteroatoms. The highest BCUT2D eigenvalue weighted by Gasteiger charge is 2.31. The van der Waals surface area contributed by atoms with Crippen molar-refractivity contribution in [3.8, 4) is 0 Å². The third kappa shape index (κ3) is 1.78. The minimum absolute atomic E-state index is 0.0951. The molecule has 0 aliphatic heterocycles. The largest absolute Gasteiger partial charge is 0.618 e. The van der Waals surface area contributed by atoms with Gasteiger partial charge in [0, 0.05) is 12.1 Å². The van der Waals surface area contributed by atoms with E-state index in [0.717, 1.165) is 18.3 Å². The molecule has 2 rings (SSSR count). The SMILES string of the molecule is [O-][n+]1ccc(Cl)c2ccc(C(F)(F)F)cc21. The molecule has 0 saturated carbocycles. The lowest BCUT2D eigenvalue weighted by molar-refractivity contribution is -0.577. The standard InChI is InChI=1S/C10H5ClF3NO/c11-8-3-4-15(16)9-5-6(10(12,13)14)1-2-7(8)9/h1-5H. The molecular weight excluding hydrogens is 243 g/mol. The summed E-state index contributed by atoms with van der Waals surface area (Å²) < 4.78 is 37.6. The van der Waals surface area contributed by atoms with Gasteiger partial charge in [-0.05, 0) is 12.1 Å². The van der Waals surface area contributed by atoms with E-state index in [4.69, 9.17) is 11.6 Å². The van der Waals surface area contributed by atoms with Gasteiger partial charge in [-0.3, -0.25) is 0 Å². The second kappa shape index (κ2) is 3.52. The van der Waals surface area contributed by atoms with Crippen molar-refractivity contribution < 1.29 is 17.9 Å². The van der Waals surface area contributed by atoms with Gasteiger partial charge in [-0.1, -0.05) is 11.6 Å². The first kappa shape index (κ1) is 11.0. The summed E-state index contributed by atoms with van der Waals surface area (Å²) in [6.45, 7) is 0. The number of halogens is 4. The fraction of sp³-hybridized carbons (Fsp3) is 0.100. The van der Waals surface area contributed by atoms with E-state index in [0.29, 0.717) is 10.1 Å². The Hall–Kier alpha value is -1.49. The predicted molar refractivity (Wildman–Crippen MR) is 52.9 cm³/mol. The Balaban J connectivity index is 2.76. The van der Waals surface area contributed by atoms with Crippen molar-refractivity contribution in [2.45, 2.75) is 6.18 Å². The maximum absolute atomic E-state index is 12.4. The predicted octanol–water partition coefficient (Wildman–Crippen LogP) is 3.15. The molecule has 16 heavy (non-hydrogen) atoms. The molecule has 0 saturated heterocycles. The van der Waals surface area contributed by atoms with E-state index in [1.807, 2.05) is 0 Å². The van der Waals surface area contributed by atoms with E-state index >= 15 is 0 Å². The molecule has 2 nitrogen and oxygen atoms in total. The summed E-state index contributed by atoms with van der Waals surface area (Å²) in [5.74, 6) is 0. The van der Waals surface area contributed by atoms with Gasteiger partial charge < -0.3 is 5.21 Å². The van der Waals surface area contributed by atoms with Gasteiger partial charge in [0.2, 0.25) is 5.52 Å². The second-order valence-corrected chi connectivity index (χ2v) is 3.63. The van der Waals surface area contributed by atoms with Crippen molar-refractivity contribution in [1.29, 1.82) is 0 Å². The van der Waals surface area contributed by atoms with Crippen LogP contribution in [0.5, 0.6) is 0 Å². The Labute approximate surface area is 93.5 Å². The van der Waals surface area contributed by atoms with Crippen molar-refractivity contribution in [1.82, 2.24) is 0 Å². The first-order valence-corrected chi connectivity index (χ1v) is 4.66. The summed E-state index contributed by atoms with van der Waals surface area (Å²) >= 11 is 5.76. The highest BCUT2D eigenvalue weighted by molar-refractivity contribution is 6.35. The molecule has 0 aliphatic carbocycles. The molecule has 0 aliphatic rings. The Kier molecular flexibility index (Phi) is 2.42. The Morgan fingerprint density at radius 3 is 2.50 bits per heavy atom. The Bertz CT molecular complexity index is 553. The van der Waals surface area contributed by atoms with E-state index in [9.17, 15) is 18.4 Å². The molecular formula is C10H5ClF3NO. The third-order valence-electron chi connectivity index (χ3n) is 2.18. The molecule has 0 bridgehead atoms. The zero-order valence-electron chi connectivity index (χ0n) is 7.75. The number of hydrogen-bond donors (Lipinski definition) is 0. The lowest BCUT2D eigenvalue weighted by Gasteiger charge is -2.08. The molecule has 1 aromatic heterocycles. The number of fused-ring (bicyclic) bond motifs is 1. The molecule has 1 aromatic carbocycles. The summed E-state index contributed by atoms with van der Waals surface area (Å²) in [5, 5.41) is 11.8. The van der Waals surface area contributed by atoms with Gasteiger partial charge in [0.15, 0.2) is 6.20 Å². The van der Waals surface area contributed by atoms with Crippen LogP contribution in [0.2, 0.25) is 5.02 Å². The molecule has 0 amide bonds. The van der Waals surface area contributed by atoms with Gasteiger partial charge >= 0.3 is 6.18 Å². The van der Waals surface area contributed by atoms with Gasteiger partial charge in [-0.25, -0.2) is 0 Å². The topological polar surface area (TPSA) is 26.9 Å². The van der Waals surface area contributed by atoms with Crippen LogP contribution in [-0.2, 0) is 6.18 Å². The molecule has 0 N–H and O–H groups in total. The van der Waals surface area contributed by atoms with Gasteiger partial charge in [0.25, 0.3) is 0 Å². The minimum Gasteiger partial charge on any atom is -0.618 e. The first-order chi connectivity index (χ1) is 7.39. The van der Waals surface area contributed by atoms with E-state index in [1.165, 1.54) is 12.1 Å². The summed E-state index contributed by atoms with van der Waals surface area (Å²) in [5.41, 5.74) is -0.964. The van der Waals surface area contributed by atoms with Crippen LogP contribution in [-0.4, -0.2) is 0 Å².